The lowest BCUT2D eigenvalue weighted by Gasteiger charge is -2.19. The van der Waals surface area contributed by atoms with E-state index in [1.54, 1.807) is 0 Å². The van der Waals surface area contributed by atoms with Gasteiger partial charge in [0.15, 0.2) is 0 Å². The number of hydrogen-bond donors (Lipinski definition) is 0. The number of hydrogen-bond acceptors (Lipinski definition) is 0. The first kappa shape index (κ1) is 19.8. The van der Waals surface area contributed by atoms with Gasteiger partial charge in [-0.15, -0.1) is 12.1 Å². The number of rotatable bonds is 3. The fourth-order valence-electron chi connectivity index (χ4n) is 2.43. The van der Waals surface area contributed by atoms with Crippen LogP contribution < -0.4 is 0 Å². The SMILES string of the molecule is C=CC/C(C#C[Si](C)(C)C)=C(/C#CC1=CCCCC1)[Si](C)(C)C. The fourth-order valence-corrected chi connectivity index (χ4v) is 4.47. The summed E-state index contributed by atoms with van der Waals surface area (Å²) in [4.78, 5) is 0. The van der Waals surface area contributed by atoms with Crippen LogP contribution >= 0.6 is 0 Å². The van der Waals surface area contributed by atoms with Crippen LogP contribution in [0.3, 0.4) is 0 Å². The molecule has 0 unspecified atom stereocenters. The Morgan fingerprint density at radius 2 is 1.83 bits per heavy atom. The minimum atomic E-state index is -1.52. The first-order chi connectivity index (χ1) is 10.6. The van der Waals surface area contributed by atoms with Gasteiger partial charge in [-0.25, -0.2) is 0 Å². The molecule has 23 heavy (non-hydrogen) atoms. The van der Waals surface area contributed by atoms with Gasteiger partial charge in [0.25, 0.3) is 0 Å². The third-order valence-corrected chi connectivity index (χ3v) is 6.43. The highest BCUT2D eigenvalue weighted by molar-refractivity contribution is 6.85. The highest BCUT2D eigenvalue weighted by Gasteiger charge is 2.21. The predicted octanol–water partition coefficient (Wildman–Crippen LogP) is 6.12. The van der Waals surface area contributed by atoms with E-state index in [2.05, 4.69) is 75.2 Å². The molecule has 1 rings (SSSR count). The summed E-state index contributed by atoms with van der Waals surface area (Å²) < 4.78 is 0. The summed E-state index contributed by atoms with van der Waals surface area (Å²) in [5.74, 6) is 10.5. The Bertz CT molecular complexity index is 611. The summed E-state index contributed by atoms with van der Waals surface area (Å²) in [6.45, 7) is 17.9. The summed E-state index contributed by atoms with van der Waals surface area (Å²) in [5.41, 5.74) is 6.06. The molecule has 0 saturated carbocycles. The lowest BCUT2D eigenvalue weighted by atomic mass is 10.00. The van der Waals surface area contributed by atoms with Crippen LogP contribution in [0.2, 0.25) is 39.3 Å². The van der Waals surface area contributed by atoms with Crippen molar-refractivity contribution < 1.29 is 0 Å². The molecule has 2 heteroatoms. The van der Waals surface area contributed by atoms with Crippen molar-refractivity contribution in [3.8, 4) is 23.3 Å². The second-order valence-corrected chi connectivity index (χ2v) is 18.1. The summed E-state index contributed by atoms with van der Waals surface area (Å²) >= 11 is 0. The largest absolute Gasteiger partial charge is 0.129 e. The molecule has 0 atom stereocenters. The number of allylic oxidation sites excluding steroid dienone is 5. The van der Waals surface area contributed by atoms with Crippen molar-refractivity contribution in [2.24, 2.45) is 0 Å². The van der Waals surface area contributed by atoms with Crippen molar-refractivity contribution >= 4 is 16.1 Å². The van der Waals surface area contributed by atoms with E-state index in [4.69, 9.17) is 0 Å². The van der Waals surface area contributed by atoms with Gasteiger partial charge in [-0.05, 0) is 42.9 Å². The Labute approximate surface area is 146 Å². The minimum Gasteiger partial charge on any atom is -0.127 e. The normalized spacial score (nSPS) is 16.2. The van der Waals surface area contributed by atoms with Gasteiger partial charge >= 0.3 is 0 Å². The van der Waals surface area contributed by atoms with Crippen LogP contribution in [0, 0.1) is 23.3 Å². The highest BCUT2D eigenvalue weighted by Crippen LogP contribution is 2.22. The summed E-state index contributed by atoms with van der Waals surface area (Å²) in [7, 11) is -2.91. The monoisotopic (exact) mass is 340 g/mol. The molecular weight excluding hydrogens is 308 g/mol. The van der Waals surface area contributed by atoms with Gasteiger partial charge in [0.1, 0.15) is 8.07 Å². The van der Waals surface area contributed by atoms with Crippen LogP contribution in [0.15, 0.2) is 35.1 Å². The molecule has 0 aliphatic heterocycles. The molecule has 0 N–H and O–H groups in total. The zero-order valence-corrected chi connectivity index (χ0v) is 17.9. The van der Waals surface area contributed by atoms with E-state index in [-0.39, 0.29) is 0 Å². The van der Waals surface area contributed by atoms with Crippen LogP contribution in [-0.2, 0) is 0 Å². The van der Waals surface area contributed by atoms with Crippen molar-refractivity contribution in [1.29, 1.82) is 0 Å². The zero-order valence-electron chi connectivity index (χ0n) is 15.9. The maximum absolute atomic E-state index is 3.92. The predicted molar refractivity (Wildman–Crippen MR) is 111 cm³/mol. The molecule has 0 spiro atoms. The van der Waals surface area contributed by atoms with Crippen LogP contribution in [-0.4, -0.2) is 16.1 Å². The molecule has 1 aliphatic rings. The van der Waals surface area contributed by atoms with Crippen LogP contribution in [0.4, 0.5) is 0 Å². The van der Waals surface area contributed by atoms with Gasteiger partial charge in [-0.2, -0.15) is 0 Å². The molecule has 0 aromatic heterocycles. The second kappa shape index (κ2) is 8.58. The first-order valence-corrected chi connectivity index (χ1v) is 15.7. The smallest absolute Gasteiger partial charge is 0.127 e. The van der Waals surface area contributed by atoms with Gasteiger partial charge in [0.05, 0.1) is 8.07 Å². The lowest BCUT2D eigenvalue weighted by molar-refractivity contribution is 0.715. The average molecular weight is 341 g/mol. The maximum atomic E-state index is 3.92. The molecule has 0 saturated heterocycles. The topological polar surface area (TPSA) is 0 Å². The van der Waals surface area contributed by atoms with E-state index in [1.807, 2.05) is 6.08 Å². The van der Waals surface area contributed by atoms with Crippen molar-refractivity contribution in [1.82, 2.24) is 0 Å². The lowest BCUT2D eigenvalue weighted by Crippen LogP contribution is -2.25. The Morgan fingerprint density at radius 1 is 1.13 bits per heavy atom. The van der Waals surface area contributed by atoms with Crippen molar-refractivity contribution in [2.75, 3.05) is 0 Å². The molecule has 0 bridgehead atoms. The highest BCUT2D eigenvalue weighted by atomic mass is 28.3. The van der Waals surface area contributed by atoms with Crippen LogP contribution in [0.1, 0.15) is 32.1 Å². The molecular formula is C21H32Si2. The molecule has 0 fully saturated rings. The average Bonchev–Trinajstić information content (AvgIpc) is 2.43. The van der Waals surface area contributed by atoms with Crippen LogP contribution in [0.5, 0.6) is 0 Å². The van der Waals surface area contributed by atoms with Gasteiger partial charge < -0.3 is 0 Å². The molecule has 0 aromatic carbocycles. The van der Waals surface area contributed by atoms with Crippen LogP contribution in [0.25, 0.3) is 0 Å². The van der Waals surface area contributed by atoms with E-state index < -0.39 is 16.1 Å². The minimum absolute atomic E-state index is 0.838. The quantitative estimate of drug-likeness (QED) is 0.330. The zero-order chi connectivity index (χ0) is 17.5. The third kappa shape index (κ3) is 7.73. The van der Waals surface area contributed by atoms with Gasteiger partial charge in [0, 0.05) is 5.57 Å². The fraction of sp³-hybridized carbons (Fsp3) is 0.524. The van der Waals surface area contributed by atoms with E-state index in [0.29, 0.717) is 0 Å². The Morgan fingerprint density at radius 3 is 2.30 bits per heavy atom. The summed E-state index contributed by atoms with van der Waals surface area (Å²) in [6, 6.07) is 0. The molecule has 0 heterocycles. The van der Waals surface area contributed by atoms with E-state index >= 15 is 0 Å². The molecule has 0 nitrogen and oxygen atoms in total. The van der Waals surface area contributed by atoms with Crippen molar-refractivity contribution in [2.45, 2.75) is 71.4 Å². The summed E-state index contributed by atoms with van der Waals surface area (Å²) in [5, 5.41) is 1.31. The third-order valence-electron chi connectivity index (χ3n) is 3.63. The van der Waals surface area contributed by atoms with Gasteiger partial charge in [0.2, 0.25) is 0 Å². The Hall–Kier alpha value is -1.23. The maximum Gasteiger partial charge on any atom is 0.129 e. The standard InChI is InChI=1S/C21H32Si2/c1-8-12-20(17-18-22(2,3)4)21(23(5,6)7)16-15-19-13-10-9-11-14-19/h8,13H,1,9-12,14H2,2-7H3/b21-20+. The second-order valence-electron chi connectivity index (χ2n) is 8.32. The molecule has 0 radical (unpaired) electrons. The Balaban J connectivity index is 3.33. The van der Waals surface area contributed by atoms with Gasteiger partial charge in [-0.1, -0.05) is 69.2 Å². The molecule has 0 amide bonds. The van der Waals surface area contributed by atoms with Crippen molar-refractivity contribution in [3.05, 3.63) is 35.1 Å². The Kier molecular flexibility index (Phi) is 7.39. The molecule has 1 aliphatic carbocycles. The first-order valence-electron chi connectivity index (χ1n) is 8.72. The van der Waals surface area contributed by atoms with Crippen molar-refractivity contribution in [3.63, 3.8) is 0 Å². The van der Waals surface area contributed by atoms with Gasteiger partial charge in [-0.3, -0.25) is 0 Å². The van der Waals surface area contributed by atoms with E-state index in [9.17, 15) is 0 Å². The summed E-state index contributed by atoms with van der Waals surface area (Å²) in [6.07, 6.45) is 10.0. The van der Waals surface area contributed by atoms with E-state index in [1.165, 1.54) is 35.6 Å². The van der Waals surface area contributed by atoms with E-state index in [0.717, 1.165) is 12.8 Å². The molecule has 0 aromatic rings. The molecule has 124 valence electrons.